The molecule has 0 aromatic heterocycles. The molecule has 1 rings (SSSR count). The van der Waals surface area contributed by atoms with E-state index in [0.29, 0.717) is 24.2 Å². The van der Waals surface area contributed by atoms with Crippen molar-refractivity contribution >= 4 is 17.3 Å². The minimum absolute atomic E-state index is 0.231. The molecule has 0 unspecified atom stereocenters. The Hall–Kier alpha value is -1.71. The first-order chi connectivity index (χ1) is 6.61. The zero-order valence-electron chi connectivity index (χ0n) is 8.12. The van der Waals surface area contributed by atoms with Crippen LogP contribution in [0.25, 0.3) is 0 Å². The molecule has 0 bridgehead atoms. The maximum Gasteiger partial charge on any atom is 0.305 e. The van der Waals surface area contributed by atoms with Gasteiger partial charge in [-0.2, -0.15) is 0 Å². The second-order valence-electron chi connectivity index (χ2n) is 3.08. The molecular weight excluding hydrogens is 180 g/mol. The Kier molecular flexibility index (Phi) is 3.34. The predicted octanol–water partition coefficient (Wildman–Crippen LogP) is 0.957. The number of methoxy groups -OCH3 is 1. The maximum atomic E-state index is 10.9. The summed E-state index contributed by atoms with van der Waals surface area (Å²) in [7, 11) is 1.37. The van der Waals surface area contributed by atoms with Crippen molar-refractivity contribution < 1.29 is 9.53 Å². The number of rotatable bonds is 3. The van der Waals surface area contributed by atoms with E-state index in [1.54, 1.807) is 18.2 Å². The van der Waals surface area contributed by atoms with Gasteiger partial charge in [0.2, 0.25) is 0 Å². The van der Waals surface area contributed by atoms with Gasteiger partial charge in [0.05, 0.1) is 7.11 Å². The molecule has 0 spiro atoms. The fourth-order valence-electron chi connectivity index (χ4n) is 1.24. The summed E-state index contributed by atoms with van der Waals surface area (Å²) in [5, 5.41) is 0. The third-order valence-electron chi connectivity index (χ3n) is 1.88. The first kappa shape index (κ1) is 10.4. The van der Waals surface area contributed by atoms with Crippen molar-refractivity contribution in [2.45, 2.75) is 12.8 Å². The van der Waals surface area contributed by atoms with E-state index in [4.69, 9.17) is 11.5 Å². The number of hydrogen-bond acceptors (Lipinski definition) is 4. The van der Waals surface area contributed by atoms with E-state index in [1.807, 2.05) is 0 Å². The van der Waals surface area contributed by atoms with Crippen LogP contribution in [0.4, 0.5) is 11.4 Å². The lowest BCUT2D eigenvalue weighted by Gasteiger charge is -2.03. The molecule has 1 aromatic rings. The quantitative estimate of drug-likeness (QED) is 0.554. The average molecular weight is 194 g/mol. The van der Waals surface area contributed by atoms with Gasteiger partial charge in [-0.15, -0.1) is 0 Å². The summed E-state index contributed by atoms with van der Waals surface area (Å²) < 4.78 is 4.53. The van der Waals surface area contributed by atoms with Gasteiger partial charge in [0, 0.05) is 17.8 Å². The topological polar surface area (TPSA) is 78.3 Å². The Morgan fingerprint density at radius 1 is 1.29 bits per heavy atom. The molecule has 0 aliphatic heterocycles. The maximum absolute atomic E-state index is 10.9. The predicted molar refractivity (Wildman–Crippen MR) is 55.6 cm³/mol. The van der Waals surface area contributed by atoms with Crippen LogP contribution in [-0.4, -0.2) is 13.1 Å². The van der Waals surface area contributed by atoms with Gasteiger partial charge in [-0.3, -0.25) is 4.79 Å². The number of carbonyl (C=O) groups is 1. The van der Waals surface area contributed by atoms with E-state index in [9.17, 15) is 4.79 Å². The van der Waals surface area contributed by atoms with Gasteiger partial charge in [-0.25, -0.2) is 0 Å². The van der Waals surface area contributed by atoms with Gasteiger partial charge < -0.3 is 16.2 Å². The van der Waals surface area contributed by atoms with Crippen LogP contribution in [0.15, 0.2) is 18.2 Å². The van der Waals surface area contributed by atoms with Crippen LogP contribution in [0, 0.1) is 0 Å². The molecule has 0 heterocycles. The van der Waals surface area contributed by atoms with Gasteiger partial charge >= 0.3 is 5.97 Å². The minimum atomic E-state index is -0.231. The molecule has 1 aromatic carbocycles. The summed E-state index contributed by atoms with van der Waals surface area (Å²) in [5.74, 6) is -0.231. The number of aryl methyl sites for hydroxylation is 1. The van der Waals surface area contributed by atoms with Gasteiger partial charge in [0.15, 0.2) is 0 Å². The molecule has 0 atom stereocenters. The van der Waals surface area contributed by atoms with Crippen molar-refractivity contribution in [1.82, 2.24) is 0 Å². The first-order valence-corrected chi connectivity index (χ1v) is 4.33. The van der Waals surface area contributed by atoms with Crippen LogP contribution in [0.1, 0.15) is 12.0 Å². The number of ether oxygens (including phenoxy) is 1. The van der Waals surface area contributed by atoms with E-state index < -0.39 is 0 Å². The molecule has 0 amide bonds. The Balaban J connectivity index is 2.63. The molecule has 4 N–H and O–H groups in total. The number of anilines is 2. The smallest absolute Gasteiger partial charge is 0.305 e. The molecule has 4 heteroatoms. The van der Waals surface area contributed by atoms with Gasteiger partial charge in [-0.1, -0.05) is 0 Å². The largest absolute Gasteiger partial charge is 0.469 e. The van der Waals surface area contributed by atoms with E-state index in [2.05, 4.69) is 4.74 Å². The number of esters is 1. The first-order valence-electron chi connectivity index (χ1n) is 4.33. The molecule has 4 nitrogen and oxygen atoms in total. The molecule has 76 valence electrons. The van der Waals surface area contributed by atoms with E-state index in [-0.39, 0.29) is 5.97 Å². The molecule has 14 heavy (non-hydrogen) atoms. The van der Waals surface area contributed by atoms with E-state index in [0.717, 1.165) is 5.56 Å². The van der Waals surface area contributed by atoms with Crippen LogP contribution < -0.4 is 11.5 Å². The number of benzene rings is 1. The number of nitrogen functional groups attached to an aromatic ring is 2. The molecule has 0 fully saturated rings. The second-order valence-corrected chi connectivity index (χ2v) is 3.08. The van der Waals surface area contributed by atoms with Gasteiger partial charge in [0.1, 0.15) is 0 Å². The van der Waals surface area contributed by atoms with Crippen molar-refractivity contribution in [2.75, 3.05) is 18.6 Å². The van der Waals surface area contributed by atoms with Crippen LogP contribution in [0.2, 0.25) is 0 Å². The lowest BCUT2D eigenvalue weighted by Crippen LogP contribution is -2.02. The van der Waals surface area contributed by atoms with Crippen LogP contribution in [0.5, 0.6) is 0 Å². The average Bonchev–Trinajstić information content (AvgIpc) is 2.12. The zero-order valence-corrected chi connectivity index (χ0v) is 8.12. The van der Waals surface area contributed by atoms with Crippen LogP contribution >= 0.6 is 0 Å². The zero-order chi connectivity index (χ0) is 10.6. The lowest BCUT2D eigenvalue weighted by molar-refractivity contribution is -0.140. The highest BCUT2D eigenvalue weighted by molar-refractivity contribution is 5.69. The number of hydrogen-bond donors (Lipinski definition) is 2. The summed E-state index contributed by atoms with van der Waals surface area (Å²) in [6.45, 7) is 0. The van der Waals surface area contributed by atoms with Crippen LogP contribution in [-0.2, 0) is 16.0 Å². The van der Waals surface area contributed by atoms with Crippen LogP contribution in [0.3, 0.4) is 0 Å². The Bertz CT molecular complexity index is 317. The highest BCUT2D eigenvalue weighted by atomic mass is 16.5. The third kappa shape index (κ3) is 2.97. The van der Waals surface area contributed by atoms with Crippen molar-refractivity contribution in [3.63, 3.8) is 0 Å². The number of nitrogens with two attached hydrogens (primary N) is 2. The highest BCUT2D eigenvalue weighted by Crippen LogP contribution is 2.15. The van der Waals surface area contributed by atoms with Crippen molar-refractivity contribution in [3.8, 4) is 0 Å². The summed E-state index contributed by atoms with van der Waals surface area (Å²) in [6.07, 6.45) is 0.946. The molecule has 0 aliphatic rings. The van der Waals surface area contributed by atoms with Crippen molar-refractivity contribution in [2.24, 2.45) is 0 Å². The highest BCUT2D eigenvalue weighted by Gasteiger charge is 2.02. The molecule has 0 saturated heterocycles. The Morgan fingerprint density at radius 3 is 2.36 bits per heavy atom. The summed E-state index contributed by atoms with van der Waals surface area (Å²) in [6, 6.07) is 5.29. The fraction of sp³-hybridized carbons (Fsp3) is 0.300. The van der Waals surface area contributed by atoms with Crippen molar-refractivity contribution in [1.29, 1.82) is 0 Å². The van der Waals surface area contributed by atoms with Gasteiger partial charge in [-0.05, 0) is 30.2 Å². The minimum Gasteiger partial charge on any atom is -0.469 e. The SMILES string of the molecule is COC(=O)CCc1cc(N)cc(N)c1. The van der Waals surface area contributed by atoms with Gasteiger partial charge in [0.25, 0.3) is 0 Å². The van der Waals surface area contributed by atoms with E-state index >= 15 is 0 Å². The summed E-state index contributed by atoms with van der Waals surface area (Å²) in [4.78, 5) is 10.9. The Morgan fingerprint density at radius 2 is 1.86 bits per heavy atom. The lowest BCUT2D eigenvalue weighted by atomic mass is 10.1. The molecule has 0 aliphatic carbocycles. The normalized spacial score (nSPS) is 9.79. The molecular formula is C10H14N2O2. The fourth-order valence-corrected chi connectivity index (χ4v) is 1.24. The number of carbonyl (C=O) groups excluding carboxylic acids is 1. The van der Waals surface area contributed by atoms with Crippen molar-refractivity contribution in [3.05, 3.63) is 23.8 Å². The third-order valence-corrected chi connectivity index (χ3v) is 1.88. The molecule has 0 radical (unpaired) electrons. The van der Waals surface area contributed by atoms with E-state index in [1.165, 1.54) is 7.11 Å². The summed E-state index contributed by atoms with van der Waals surface area (Å²) >= 11 is 0. The second kappa shape index (κ2) is 4.50. The summed E-state index contributed by atoms with van der Waals surface area (Å²) in [5.41, 5.74) is 13.4. The Labute approximate surface area is 82.8 Å². The monoisotopic (exact) mass is 194 g/mol. The molecule has 0 saturated carbocycles. The standard InChI is InChI=1S/C10H14N2O2/c1-14-10(13)3-2-7-4-8(11)6-9(12)5-7/h4-6H,2-3,11-12H2,1H3.